The molecule has 3 nitrogen and oxygen atoms in total. The standard InChI is InChI=1S/C15H23NO2/c1-15(2,18-3)10-16-14-6-4-5-11-7-8-12(17)9-13(11)14/h7-9,14,16-17H,4-6,10H2,1-3H3. The molecule has 3 heteroatoms. The summed E-state index contributed by atoms with van der Waals surface area (Å²) in [5.41, 5.74) is 2.44. The molecule has 2 N–H and O–H groups in total. The zero-order valence-corrected chi connectivity index (χ0v) is 11.5. The van der Waals surface area contributed by atoms with Crippen LogP contribution in [0.4, 0.5) is 0 Å². The lowest BCUT2D eigenvalue weighted by molar-refractivity contribution is 0.0205. The average molecular weight is 249 g/mol. The van der Waals surface area contributed by atoms with Gasteiger partial charge in [0.25, 0.3) is 0 Å². The highest BCUT2D eigenvalue weighted by Crippen LogP contribution is 2.32. The summed E-state index contributed by atoms with van der Waals surface area (Å²) in [6.07, 6.45) is 3.43. The number of benzene rings is 1. The summed E-state index contributed by atoms with van der Waals surface area (Å²) < 4.78 is 5.43. The Bertz CT molecular complexity index is 415. The second kappa shape index (κ2) is 5.29. The molecule has 1 aliphatic carbocycles. The van der Waals surface area contributed by atoms with E-state index in [1.807, 2.05) is 12.1 Å². The van der Waals surface area contributed by atoms with Crippen LogP contribution in [0, 0.1) is 0 Å². The molecule has 0 aromatic heterocycles. The maximum absolute atomic E-state index is 9.63. The molecule has 0 bridgehead atoms. The van der Waals surface area contributed by atoms with E-state index in [0.717, 1.165) is 19.4 Å². The fourth-order valence-electron chi connectivity index (χ4n) is 2.44. The number of phenolic OH excluding ortho intramolecular Hbond substituents is 1. The van der Waals surface area contributed by atoms with Crippen LogP contribution in [0.5, 0.6) is 5.75 Å². The van der Waals surface area contributed by atoms with Gasteiger partial charge < -0.3 is 15.2 Å². The number of ether oxygens (including phenoxy) is 1. The van der Waals surface area contributed by atoms with Crippen molar-refractivity contribution in [2.45, 2.75) is 44.8 Å². The van der Waals surface area contributed by atoms with Crippen molar-refractivity contribution < 1.29 is 9.84 Å². The van der Waals surface area contributed by atoms with Crippen LogP contribution < -0.4 is 5.32 Å². The van der Waals surface area contributed by atoms with E-state index in [0.29, 0.717) is 11.8 Å². The number of phenols is 1. The van der Waals surface area contributed by atoms with E-state index in [4.69, 9.17) is 4.74 Å². The second-order valence-electron chi connectivity index (χ2n) is 5.67. The lowest BCUT2D eigenvalue weighted by atomic mass is 9.87. The van der Waals surface area contributed by atoms with Gasteiger partial charge in [-0.25, -0.2) is 0 Å². The maximum atomic E-state index is 9.63. The Kier molecular flexibility index (Phi) is 3.93. The first-order chi connectivity index (χ1) is 8.52. The van der Waals surface area contributed by atoms with Gasteiger partial charge in [-0.2, -0.15) is 0 Å². The summed E-state index contributed by atoms with van der Waals surface area (Å²) in [6.45, 7) is 4.96. The number of fused-ring (bicyclic) bond motifs is 1. The minimum atomic E-state index is -0.158. The summed E-state index contributed by atoms with van der Waals surface area (Å²) in [4.78, 5) is 0. The van der Waals surface area contributed by atoms with Crippen molar-refractivity contribution in [3.05, 3.63) is 29.3 Å². The number of aryl methyl sites for hydroxylation is 1. The lowest BCUT2D eigenvalue weighted by Gasteiger charge is -2.31. The molecule has 0 saturated carbocycles. The molecule has 0 radical (unpaired) electrons. The second-order valence-corrected chi connectivity index (χ2v) is 5.67. The van der Waals surface area contributed by atoms with Crippen LogP contribution in [0.2, 0.25) is 0 Å². The first-order valence-electron chi connectivity index (χ1n) is 6.62. The van der Waals surface area contributed by atoms with Gasteiger partial charge in [-0.1, -0.05) is 6.07 Å². The van der Waals surface area contributed by atoms with Crippen LogP contribution in [0.1, 0.15) is 43.9 Å². The lowest BCUT2D eigenvalue weighted by Crippen LogP contribution is -2.39. The van der Waals surface area contributed by atoms with Gasteiger partial charge in [0.2, 0.25) is 0 Å². The van der Waals surface area contributed by atoms with Gasteiger partial charge in [0.15, 0.2) is 0 Å². The molecular weight excluding hydrogens is 226 g/mol. The third kappa shape index (κ3) is 3.03. The van der Waals surface area contributed by atoms with E-state index in [9.17, 15) is 5.11 Å². The third-order valence-corrected chi connectivity index (χ3v) is 3.77. The summed E-state index contributed by atoms with van der Waals surface area (Å²) in [6, 6.07) is 6.04. The van der Waals surface area contributed by atoms with E-state index in [2.05, 4.69) is 19.2 Å². The Labute approximate surface area is 109 Å². The van der Waals surface area contributed by atoms with Gasteiger partial charge in [-0.3, -0.25) is 0 Å². The minimum Gasteiger partial charge on any atom is -0.508 e. The minimum absolute atomic E-state index is 0.158. The highest BCUT2D eigenvalue weighted by Gasteiger charge is 2.23. The SMILES string of the molecule is COC(C)(C)CNC1CCCc2ccc(O)cc21. The van der Waals surface area contributed by atoms with Crippen LogP contribution in [-0.2, 0) is 11.2 Å². The van der Waals surface area contributed by atoms with Gasteiger partial charge in [0.1, 0.15) is 5.75 Å². The Balaban J connectivity index is 2.10. The maximum Gasteiger partial charge on any atom is 0.115 e. The van der Waals surface area contributed by atoms with Gasteiger partial charge in [0.05, 0.1) is 5.60 Å². The van der Waals surface area contributed by atoms with Crippen molar-refractivity contribution in [1.29, 1.82) is 0 Å². The van der Waals surface area contributed by atoms with Crippen LogP contribution >= 0.6 is 0 Å². The zero-order chi connectivity index (χ0) is 13.2. The zero-order valence-electron chi connectivity index (χ0n) is 11.5. The summed E-state index contributed by atoms with van der Waals surface area (Å²) in [5.74, 6) is 0.355. The van der Waals surface area contributed by atoms with E-state index in [1.54, 1.807) is 13.2 Å². The van der Waals surface area contributed by atoms with Gasteiger partial charge in [-0.15, -0.1) is 0 Å². The van der Waals surface area contributed by atoms with Crippen molar-refractivity contribution in [3.63, 3.8) is 0 Å². The molecule has 18 heavy (non-hydrogen) atoms. The molecular formula is C15H23NO2. The molecule has 1 unspecified atom stereocenters. The molecule has 0 spiro atoms. The molecule has 0 saturated heterocycles. The Hall–Kier alpha value is -1.06. The topological polar surface area (TPSA) is 41.5 Å². The first-order valence-corrected chi connectivity index (χ1v) is 6.62. The van der Waals surface area contributed by atoms with E-state index < -0.39 is 0 Å². The molecule has 100 valence electrons. The molecule has 0 fully saturated rings. The number of methoxy groups -OCH3 is 1. The number of hydrogen-bond acceptors (Lipinski definition) is 3. The first kappa shape index (κ1) is 13.4. The van der Waals surface area contributed by atoms with Crippen LogP contribution in [0.25, 0.3) is 0 Å². The van der Waals surface area contributed by atoms with Crippen molar-refractivity contribution in [3.8, 4) is 5.75 Å². The molecule has 1 aromatic carbocycles. The molecule has 1 aliphatic rings. The highest BCUT2D eigenvalue weighted by molar-refractivity contribution is 5.38. The number of hydrogen-bond donors (Lipinski definition) is 2. The van der Waals surface area contributed by atoms with E-state index in [-0.39, 0.29) is 5.60 Å². The van der Waals surface area contributed by atoms with Crippen molar-refractivity contribution >= 4 is 0 Å². The van der Waals surface area contributed by atoms with Crippen LogP contribution in [-0.4, -0.2) is 24.4 Å². The Morgan fingerprint density at radius 2 is 2.22 bits per heavy atom. The monoisotopic (exact) mass is 249 g/mol. The molecule has 0 amide bonds. The normalized spacial score (nSPS) is 19.6. The number of aromatic hydroxyl groups is 1. The summed E-state index contributed by atoms with van der Waals surface area (Å²) in [5, 5.41) is 13.2. The van der Waals surface area contributed by atoms with E-state index >= 15 is 0 Å². The highest BCUT2D eigenvalue weighted by atomic mass is 16.5. The Morgan fingerprint density at radius 1 is 1.44 bits per heavy atom. The quantitative estimate of drug-likeness (QED) is 0.862. The number of nitrogens with one attached hydrogen (secondary N) is 1. The van der Waals surface area contributed by atoms with Crippen molar-refractivity contribution in [1.82, 2.24) is 5.32 Å². The Morgan fingerprint density at radius 3 is 2.94 bits per heavy atom. The third-order valence-electron chi connectivity index (χ3n) is 3.77. The molecule has 1 atom stereocenters. The predicted molar refractivity (Wildman–Crippen MR) is 72.9 cm³/mol. The van der Waals surface area contributed by atoms with Crippen LogP contribution in [0.3, 0.4) is 0 Å². The van der Waals surface area contributed by atoms with Gasteiger partial charge in [-0.05, 0) is 56.4 Å². The molecule has 2 rings (SSSR count). The van der Waals surface area contributed by atoms with Crippen molar-refractivity contribution in [2.75, 3.05) is 13.7 Å². The predicted octanol–water partition coefficient (Wildman–Crippen LogP) is 2.78. The summed E-state index contributed by atoms with van der Waals surface area (Å²) in [7, 11) is 1.74. The van der Waals surface area contributed by atoms with Gasteiger partial charge in [0, 0.05) is 19.7 Å². The van der Waals surface area contributed by atoms with Gasteiger partial charge >= 0.3 is 0 Å². The van der Waals surface area contributed by atoms with E-state index in [1.165, 1.54) is 17.5 Å². The largest absolute Gasteiger partial charge is 0.508 e. The molecule has 0 aliphatic heterocycles. The average Bonchev–Trinajstić information content (AvgIpc) is 2.36. The molecule has 0 heterocycles. The fourth-order valence-corrected chi connectivity index (χ4v) is 2.44. The van der Waals surface area contributed by atoms with Crippen molar-refractivity contribution in [2.24, 2.45) is 0 Å². The molecule has 1 aromatic rings. The fraction of sp³-hybridized carbons (Fsp3) is 0.600. The van der Waals surface area contributed by atoms with Crippen LogP contribution in [0.15, 0.2) is 18.2 Å². The number of rotatable bonds is 4. The smallest absolute Gasteiger partial charge is 0.115 e. The summed E-state index contributed by atoms with van der Waals surface area (Å²) >= 11 is 0.